The van der Waals surface area contributed by atoms with Gasteiger partial charge in [0, 0.05) is 32.3 Å². The second-order valence-corrected chi connectivity index (χ2v) is 4.58. The highest BCUT2D eigenvalue weighted by molar-refractivity contribution is 5.93. The predicted molar refractivity (Wildman–Crippen MR) is 70.8 cm³/mol. The summed E-state index contributed by atoms with van der Waals surface area (Å²) >= 11 is 0. The Morgan fingerprint density at radius 3 is 2.65 bits per heavy atom. The first-order chi connectivity index (χ1) is 10.8. The summed E-state index contributed by atoms with van der Waals surface area (Å²) in [6.07, 6.45) is -3.29. The standard InChI is InChI=1S/C13H13F3N4O3/c1-20(11(21)8-3-4-10(22-2)17-7-8)6-5-9-18-12(23-19-9)13(14,15)16/h3-4,7H,5-6H2,1-2H3. The monoisotopic (exact) mass is 330 g/mol. The number of pyridine rings is 1. The Balaban J connectivity index is 1.94. The van der Waals surface area contributed by atoms with Gasteiger partial charge in [0.25, 0.3) is 5.91 Å². The highest BCUT2D eigenvalue weighted by Crippen LogP contribution is 2.27. The van der Waals surface area contributed by atoms with Crippen molar-refractivity contribution in [3.8, 4) is 5.88 Å². The number of ether oxygens (including phenoxy) is 1. The normalized spacial score (nSPS) is 11.3. The van der Waals surface area contributed by atoms with Crippen LogP contribution < -0.4 is 4.74 Å². The number of halogens is 3. The number of rotatable bonds is 5. The summed E-state index contributed by atoms with van der Waals surface area (Å²) in [5.74, 6) is -1.49. The van der Waals surface area contributed by atoms with Crippen LogP contribution in [0.3, 0.4) is 0 Å². The molecule has 23 heavy (non-hydrogen) atoms. The van der Waals surface area contributed by atoms with Crippen molar-refractivity contribution in [2.24, 2.45) is 0 Å². The molecule has 0 fully saturated rings. The molecule has 0 N–H and O–H groups in total. The van der Waals surface area contributed by atoms with Crippen molar-refractivity contribution in [1.29, 1.82) is 0 Å². The fourth-order valence-corrected chi connectivity index (χ4v) is 1.69. The van der Waals surface area contributed by atoms with Gasteiger partial charge in [0.05, 0.1) is 12.7 Å². The van der Waals surface area contributed by atoms with E-state index in [1.54, 1.807) is 6.07 Å². The number of amides is 1. The van der Waals surface area contributed by atoms with Crippen molar-refractivity contribution >= 4 is 5.91 Å². The van der Waals surface area contributed by atoms with Gasteiger partial charge in [0.15, 0.2) is 5.82 Å². The van der Waals surface area contributed by atoms with E-state index in [0.29, 0.717) is 11.4 Å². The molecule has 10 heteroatoms. The van der Waals surface area contributed by atoms with E-state index in [1.165, 1.54) is 31.3 Å². The summed E-state index contributed by atoms with van der Waals surface area (Å²) in [6, 6.07) is 3.08. The lowest BCUT2D eigenvalue weighted by molar-refractivity contribution is -0.159. The highest BCUT2D eigenvalue weighted by Gasteiger charge is 2.38. The zero-order valence-electron chi connectivity index (χ0n) is 12.3. The van der Waals surface area contributed by atoms with Gasteiger partial charge < -0.3 is 14.2 Å². The molecule has 124 valence electrons. The lowest BCUT2D eigenvalue weighted by Gasteiger charge is -2.16. The van der Waals surface area contributed by atoms with Gasteiger partial charge in [-0.2, -0.15) is 18.2 Å². The third-order valence-corrected chi connectivity index (χ3v) is 2.92. The zero-order valence-corrected chi connectivity index (χ0v) is 12.3. The molecule has 0 aromatic carbocycles. The molecule has 2 heterocycles. The fourth-order valence-electron chi connectivity index (χ4n) is 1.69. The number of aromatic nitrogens is 3. The number of hydrogen-bond acceptors (Lipinski definition) is 6. The molecule has 0 spiro atoms. The Bertz CT molecular complexity index is 670. The molecule has 0 saturated heterocycles. The molecule has 7 nitrogen and oxygen atoms in total. The summed E-state index contributed by atoms with van der Waals surface area (Å²) in [5, 5.41) is 3.24. The Kier molecular flexibility index (Phi) is 4.82. The van der Waals surface area contributed by atoms with Crippen LogP contribution in [0.25, 0.3) is 0 Å². The minimum absolute atomic E-state index is 0.0331. The second kappa shape index (κ2) is 6.63. The van der Waals surface area contributed by atoms with Crippen LogP contribution in [0.15, 0.2) is 22.9 Å². The molecule has 0 unspecified atom stereocenters. The molecule has 1 amide bonds. The van der Waals surface area contributed by atoms with Crippen LogP contribution in [0.1, 0.15) is 22.1 Å². The Morgan fingerprint density at radius 1 is 1.39 bits per heavy atom. The van der Waals surface area contributed by atoms with Crippen LogP contribution in [-0.4, -0.2) is 46.6 Å². The zero-order chi connectivity index (χ0) is 17.0. The first kappa shape index (κ1) is 16.7. The van der Waals surface area contributed by atoms with Crippen LogP contribution in [-0.2, 0) is 12.6 Å². The van der Waals surface area contributed by atoms with E-state index in [9.17, 15) is 18.0 Å². The van der Waals surface area contributed by atoms with E-state index in [-0.39, 0.29) is 24.7 Å². The number of methoxy groups -OCH3 is 1. The largest absolute Gasteiger partial charge is 0.481 e. The average Bonchev–Trinajstić information content (AvgIpc) is 3.01. The number of alkyl halides is 3. The van der Waals surface area contributed by atoms with Gasteiger partial charge in [-0.1, -0.05) is 5.16 Å². The SMILES string of the molecule is COc1ccc(C(=O)N(C)CCc2noc(C(F)(F)F)n2)cn1. The van der Waals surface area contributed by atoms with E-state index in [0.717, 1.165) is 0 Å². The summed E-state index contributed by atoms with van der Waals surface area (Å²) in [4.78, 5) is 20.6. The molecular formula is C13H13F3N4O3. The molecule has 0 aliphatic carbocycles. The number of carbonyl (C=O) groups excluding carboxylic acids is 1. The van der Waals surface area contributed by atoms with Crippen molar-refractivity contribution < 1.29 is 27.2 Å². The maximum absolute atomic E-state index is 12.3. The van der Waals surface area contributed by atoms with Crippen molar-refractivity contribution in [2.45, 2.75) is 12.6 Å². The Morgan fingerprint density at radius 2 is 2.13 bits per heavy atom. The van der Waals surface area contributed by atoms with Gasteiger partial charge in [-0.25, -0.2) is 4.98 Å². The Labute approximate surface area is 129 Å². The van der Waals surface area contributed by atoms with E-state index in [2.05, 4.69) is 19.6 Å². The van der Waals surface area contributed by atoms with E-state index >= 15 is 0 Å². The lowest BCUT2D eigenvalue weighted by Crippen LogP contribution is -2.29. The first-order valence-electron chi connectivity index (χ1n) is 6.46. The van der Waals surface area contributed by atoms with Gasteiger partial charge in [0.1, 0.15) is 0 Å². The van der Waals surface area contributed by atoms with Gasteiger partial charge in [-0.3, -0.25) is 4.79 Å². The van der Waals surface area contributed by atoms with Gasteiger partial charge in [-0.05, 0) is 6.07 Å². The summed E-state index contributed by atoms with van der Waals surface area (Å²) in [5.41, 5.74) is 0.331. The lowest BCUT2D eigenvalue weighted by atomic mass is 10.2. The van der Waals surface area contributed by atoms with Gasteiger partial charge in [-0.15, -0.1) is 0 Å². The minimum atomic E-state index is -4.68. The molecule has 2 rings (SSSR count). The number of likely N-dealkylation sites (N-methyl/N-ethyl adjacent to an activating group) is 1. The molecule has 0 radical (unpaired) electrons. The molecule has 2 aromatic rings. The molecule has 0 saturated carbocycles. The minimum Gasteiger partial charge on any atom is -0.481 e. The van der Waals surface area contributed by atoms with E-state index in [1.807, 2.05) is 0 Å². The molecule has 2 aromatic heterocycles. The van der Waals surface area contributed by atoms with Gasteiger partial charge in [0.2, 0.25) is 5.88 Å². The Hall–Kier alpha value is -2.65. The average molecular weight is 330 g/mol. The molecular weight excluding hydrogens is 317 g/mol. The van der Waals surface area contributed by atoms with Crippen molar-refractivity contribution in [3.63, 3.8) is 0 Å². The number of carbonyl (C=O) groups is 1. The second-order valence-electron chi connectivity index (χ2n) is 4.58. The maximum Gasteiger partial charge on any atom is 0.471 e. The van der Waals surface area contributed by atoms with Crippen LogP contribution in [0.4, 0.5) is 13.2 Å². The molecule has 0 atom stereocenters. The fraction of sp³-hybridized carbons (Fsp3) is 0.385. The summed E-state index contributed by atoms with van der Waals surface area (Å²) in [6.45, 7) is 0.127. The summed E-state index contributed by atoms with van der Waals surface area (Å²) < 4.78 is 46.0. The van der Waals surface area contributed by atoms with Crippen molar-refractivity contribution in [3.05, 3.63) is 35.6 Å². The van der Waals surface area contributed by atoms with Crippen LogP contribution in [0.2, 0.25) is 0 Å². The number of hydrogen-bond donors (Lipinski definition) is 0. The summed E-state index contributed by atoms with van der Waals surface area (Å²) in [7, 11) is 2.97. The van der Waals surface area contributed by atoms with Crippen LogP contribution in [0, 0.1) is 0 Å². The quantitative estimate of drug-likeness (QED) is 0.831. The van der Waals surface area contributed by atoms with Crippen molar-refractivity contribution in [1.82, 2.24) is 20.0 Å². The predicted octanol–water partition coefficient (Wildman–Crippen LogP) is 1.81. The van der Waals surface area contributed by atoms with E-state index in [4.69, 9.17) is 4.74 Å². The highest BCUT2D eigenvalue weighted by atomic mass is 19.4. The van der Waals surface area contributed by atoms with E-state index < -0.39 is 12.1 Å². The smallest absolute Gasteiger partial charge is 0.471 e. The topological polar surface area (TPSA) is 81.4 Å². The van der Waals surface area contributed by atoms with Crippen LogP contribution in [0.5, 0.6) is 5.88 Å². The first-order valence-corrected chi connectivity index (χ1v) is 6.46. The van der Waals surface area contributed by atoms with Crippen molar-refractivity contribution in [2.75, 3.05) is 20.7 Å². The third kappa shape index (κ3) is 4.18. The maximum atomic E-state index is 12.3. The van der Waals surface area contributed by atoms with Gasteiger partial charge >= 0.3 is 12.1 Å². The molecule has 0 aliphatic rings. The number of nitrogens with zero attached hydrogens (tertiary/aromatic N) is 4. The van der Waals surface area contributed by atoms with Crippen LogP contribution >= 0.6 is 0 Å². The molecule has 0 bridgehead atoms. The molecule has 0 aliphatic heterocycles. The third-order valence-electron chi connectivity index (χ3n) is 2.92.